The largest absolute Gasteiger partial charge is 0.493 e. The summed E-state index contributed by atoms with van der Waals surface area (Å²) in [6.07, 6.45) is 5.09. The molecule has 1 fully saturated rings. The topological polar surface area (TPSA) is 85.3 Å². The number of thioether (sulfide) groups is 1. The van der Waals surface area contributed by atoms with Crippen LogP contribution in [0.1, 0.15) is 25.3 Å². The number of rotatable bonds is 10. The SMILES string of the molecule is C=CCN1C(=O)C(=Cc2ccc(OC)c(OCCCC)c2)SC1=NS(=O)(=O)c1ccc(Cl)cc1. The third kappa shape index (κ3) is 6.22. The highest BCUT2D eigenvalue weighted by Gasteiger charge is 2.34. The normalized spacial score (nSPS) is 16.3. The number of hydrogen-bond donors (Lipinski definition) is 0. The lowest BCUT2D eigenvalue weighted by atomic mass is 10.2. The second-order valence-corrected chi connectivity index (χ2v) is 10.3. The van der Waals surface area contributed by atoms with Crippen LogP contribution in [0.5, 0.6) is 11.5 Å². The summed E-state index contributed by atoms with van der Waals surface area (Å²) in [6, 6.07) is 11.0. The van der Waals surface area contributed by atoms with Gasteiger partial charge in [0.05, 0.1) is 23.5 Å². The summed E-state index contributed by atoms with van der Waals surface area (Å²) in [5, 5.41) is 0.465. The number of unbranched alkanes of at least 4 members (excludes halogenated alkanes) is 1. The Morgan fingerprint density at radius 1 is 1.18 bits per heavy atom. The maximum Gasteiger partial charge on any atom is 0.284 e. The molecule has 1 heterocycles. The molecule has 3 rings (SSSR count). The number of halogens is 1. The fourth-order valence-corrected chi connectivity index (χ4v) is 5.32. The van der Waals surface area contributed by atoms with Crippen LogP contribution in [-0.4, -0.2) is 44.7 Å². The zero-order valence-electron chi connectivity index (χ0n) is 18.9. The van der Waals surface area contributed by atoms with E-state index in [0.29, 0.717) is 33.6 Å². The van der Waals surface area contributed by atoms with Gasteiger partial charge < -0.3 is 9.47 Å². The molecule has 0 atom stereocenters. The van der Waals surface area contributed by atoms with Crippen molar-refractivity contribution in [2.75, 3.05) is 20.3 Å². The number of methoxy groups -OCH3 is 1. The molecule has 1 amide bonds. The summed E-state index contributed by atoms with van der Waals surface area (Å²) in [7, 11) is -2.48. The number of nitrogens with zero attached hydrogens (tertiary/aromatic N) is 2. The Morgan fingerprint density at radius 3 is 2.56 bits per heavy atom. The second kappa shape index (κ2) is 11.6. The van der Waals surface area contributed by atoms with Crippen molar-refractivity contribution in [2.45, 2.75) is 24.7 Å². The molecule has 0 saturated carbocycles. The van der Waals surface area contributed by atoms with E-state index in [1.54, 1.807) is 31.4 Å². The molecule has 0 bridgehead atoms. The zero-order chi connectivity index (χ0) is 24.7. The van der Waals surface area contributed by atoms with Crippen molar-refractivity contribution in [2.24, 2.45) is 4.40 Å². The van der Waals surface area contributed by atoms with Gasteiger partial charge in [0.1, 0.15) is 0 Å². The average Bonchev–Trinajstić information content (AvgIpc) is 3.08. The Hall–Kier alpha value is -2.75. The standard InChI is InChI=1S/C24H25ClN2O5S2/c1-4-6-14-32-21-15-17(7-12-20(21)31-3)16-22-23(28)27(13-5-2)24(33-22)26-34(29,30)19-10-8-18(25)9-11-19/h5,7-12,15-16H,2,4,6,13-14H2,1,3H3. The molecule has 0 aromatic heterocycles. The molecule has 2 aromatic rings. The first-order chi connectivity index (χ1) is 16.3. The molecule has 0 spiro atoms. The van der Waals surface area contributed by atoms with Crippen LogP contribution < -0.4 is 9.47 Å². The van der Waals surface area contributed by atoms with Crippen molar-refractivity contribution in [1.82, 2.24) is 4.90 Å². The predicted molar refractivity (Wildman–Crippen MR) is 137 cm³/mol. The molecule has 0 N–H and O–H groups in total. The molecule has 7 nitrogen and oxygen atoms in total. The molecule has 2 aromatic carbocycles. The van der Waals surface area contributed by atoms with Crippen molar-refractivity contribution >= 4 is 50.5 Å². The number of hydrogen-bond acceptors (Lipinski definition) is 6. The Labute approximate surface area is 209 Å². The van der Waals surface area contributed by atoms with Crippen molar-refractivity contribution in [3.63, 3.8) is 0 Å². The Bertz CT molecular complexity index is 1220. The number of amides is 1. The highest BCUT2D eigenvalue weighted by molar-refractivity contribution is 8.19. The van der Waals surface area contributed by atoms with Gasteiger partial charge in [-0.25, -0.2) is 0 Å². The lowest BCUT2D eigenvalue weighted by molar-refractivity contribution is -0.121. The highest BCUT2D eigenvalue weighted by Crippen LogP contribution is 2.35. The fourth-order valence-electron chi connectivity index (χ4n) is 3.00. The third-order valence-electron chi connectivity index (χ3n) is 4.75. The molecule has 1 saturated heterocycles. The van der Waals surface area contributed by atoms with Crippen molar-refractivity contribution in [3.05, 3.63) is 70.6 Å². The van der Waals surface area contributed by atoms with Crippen LogP contribution in [0.4, 0.5) is 0 Å². The van der Waals surface area contributed by atoms with Gasteiger partial charge in [0, 0.05) is 11.6 Å². The van der Waals surface area contributed by atoms with Gasteiger partial charge in [0.25, 0.3) is 15.9 Å². The van der Waals surface area contributed by atoms with Gasteiger partial charge in [-0.1, -0.05) is 37.1 Å². The van der Waals surface area contributed by atoms with Crippen molar-refractivity contribution in [1.29, 1.82) is 0 Å². The maximum atomic E-state index is 13.0. The zero-order valence-corrected chi connectivity index (χ0v) is 21.3. The first-order valence-corrected chi connectivity index (χ1v) is 13.2. The summed E-state index contributed by atoms with van der Waals surface area (Å²) < 4.78 is 40.7. The van der Waals surface area contributed by atoms with Crippen LogP contribution in [0.25, 0.3) is 6.08 Å². The smallest absolute Gasteiger partial charge is 0.284 e. The van der Waals surface area contributed by atoms with Crippen LogP contribution in [0.15, 0.2) is 69.3 Å². The molecule has 1 aliphatic heterocycles. The molecule has 0 radical (unpaired) electrons. The van der Waals surface area contributed by atoms with E-state index in [1.165, 1.54) is 35.2 Å². The summed E-state index contributed by atoms with van der Waals surface area (Å²) in [5.74, 6) is 0.801. The van der Waals surface area contributed by atoms with E-state index in [0.717, 1.165) is 24.6 Å². The average molecular weight is 521 g/mol. The highest BCUT2D eigenvalue weighted by atomic mass is 35.5. The molecule has 10 heteroatoms. The van der Waals surface area contributed by atoms with Gasteiger partial charge in [-0.2, -0.15) is 8.42 Å². The van der Waals surface area contributed by atoms with E-state index in [2.05, 4.69) is 17.9 Å². The quantitative estimate of drug-likeness (QED) is 0.238. The number of carbonyl (C=O) groups excluding carboxylic acids is 1. The molecular formula is C24H25ClN2O5S2. The van der Waals surface area contributed by atoms with E-state index in [-0.39, 0.29) is 22.5 Å². The van der Waals surface area contributed by atoms with Crippen LogP contribution in [-0.2, 0) is 14.8 Å². The molecule has 0 unspecified atom stereocenters. The summed E-state index contributed by atoms with van der Waals surface area (Å²) >= 11 is 6.84. The summed E-state index contributed by atoms with van der Waals surface area (Å²) in [6.45, 7) is 6.40. The maximum absolute atomic E-state index is 13.0. The number of sulfonamides is 1. The van der Waals surface area contributed by atoms with E-state index in [4.69, 9.17) is 21.1 Å². The molecular weight excluding hydrogens is 496 g/mol. The first kappa shape index (κ1) is 25.9. The van der Waals surface area contributed by atoms with E-state index < -0.39 is 10.0 Å². The van der Waals surface area contributed by atoms with Gasteiger partial charge in [-0.15, -0.1) is 11.0 Å². The van der Waals surface area contributed by atoms with E-state index in [1.807, 2.05) is 0 Å². The molecule has 1 aliphatic rings. The van der Waals surface area contributed by atoms with Crippen molar-refractivity contribution in [3.8, 4) is 11.5 Å². The minimum atomic E-state index is -4.04. The van der Waals surface area contributed by atoms with E-state index >= 15 is 0 Å². The molecule has 34 heavy (non-hydrogen) atoms. The van der Waals surface area contributed by atoms with Crippen LogP contribution in [0.3, 0.4) is 0 Å². The van der Waals surface area contributed by atoms with E-state index in [9.17, 15) is 13.2 Å². The molecule has 0 aliphatic carbocycles. The van der Waals surface area contributed by atoms with Gasteiger partial charge in [-0.3, -0.25) is 9.69 Å². The van der Waals surface area contributed by atoms with Crippen molar-refractivity contribution < 1.29 is 22.7 Å². The number of carbonyl (C=O) groups is 1. The van der Waals surface area contributed by atoms with Crippen LogP contribution in [0, 0.1) is 0 Å². The number of amidine groups is 1. The second-order valence-electron chi connectivity index (χ2n) is 7.23. The van der Waals surface area contributed by atoms with Gasteiger partial charge in [0.2, 0.25) is 0 Å². The van der Waals surface area contributed by atoms with Crippen LogP contribution in [0.2, 0.25) is 5.02 Å². The predicted octanol–water partition coefficient (Wildman–Crippen LogP) is 5.37. The fraction of sp³-hybridized carbons (Fsp3) is 0.250. The summed E-state index contributed by atoms with van der Waals surface area (Å²) in [4.78, 5) is 14.6. The Kier molecular flexibility index (Phi) is 8.82. The minimum Gasteiger partial charge on any atom is -0.493 e. The monoisotopic (exact) mass is 520 g/mol. The first-order valence-electron chi connectivity index (χ1n) is 10.5. The van der Waals surface area contributed by atoms with Gasteiger partial charge in [0.15, 0.2) is 16.7 Å². The lowest BCUT2D eigenvalue weighted by Crippen LogP contribution is -2.29. The Morgan fingerprint density at radius 2 is 1.91 bits per heavy atom. The minimum absolute atomic E-state index is 0.0162. The number of benzene rings is 2. The van der Waals surface area contributed by atoms with Gasteiger partial charge >= 0.3 is 0 Å². The Balaban J connectivity index is 1.94. The third-order valence-corrected chi connectivity index (χ3v) is 7.41. The number of ether oxygens (including phenoxy) is 2. The summed E-state index contributed by atoms with van der Waals surface area (Å²) in [5.41, 5.74) is 0.712. The lowest BCUT2D eigenvalue weighted by Gasteiger charge is -2.12. The van der Waals surface area contributed by atoms with Gasteiger partial charge in [-0.05, 0) is 66.2 Å². The molecule has 180 valence electrons. The van der Waals surface area contributed by atoms with Crippen LogP contribution >= 0.6 is 23.4 Å².